The standard InChI is InChI=1S/C12H10BrF2NS/c1-6-2-10(17-12(6)13)11(16)7-3-8(14)5-9(15)4-7/h2-5,11H,16H2,1H3. The van der Waals surface area contributed by atoms with Crippen LogP contribution in [0.5, 0.6) is 0 Å². The third kappa shape index (κ3) is 2.73. The highest BCUT2D eigenvalue weighted by molar-refractivity contribution is 9.11. The summed E-state index contributed by atoms with van der Waals surface area (Å²) in [4.78, 5) is 0.874. The smallest absolute Gasteiger partial charge is 0.126 e. The number of hydrogen-bond acceptors (Lipinski definition) is 2. The van der Waals surface area contributed by atoms with E-state index in [0.29, 0.717) is 5.56 Å². The van der Waals surface area contributed by atoms with Crippen molar-refractivity contribution in [3.8, 4) is 0 Å². The molecule has 0 aliphatic rings. The minimum atomic E-state index is -0.609. The highest BCUT2D eigenvalue weighted by Gasteiger charge is 2.14. The molecule has 1 aromatic carbocycles. The van der Waals surface area contributed by atoms with Gasteiger partial charge in [-0.2, -0.15) is 0 Å². The Balaban J connectivity index is 2.39. The number of aryl methyl sites for hydroxylation is 1. The van der Waals surface area contributed by atoms with E-state index in [1.165, 1.54) is 23.5 Å². The summed E-state index contributed by atoms with van der Waals surface area (Å²) in [5.41, 5.74) is 7.50. The van der Waals surface area contributed by atoms with Crippen LogP contribution >= 0.6 is 27.3 Å². The summed E-state index contributed by atoms with van der Waals surface area (Å²) in [5, 5.41) is 0. The van der Waals surface area contributed by atoms with Crippen LogP contribution in [0, 0.1) is 18.6 Å². The topological polar surface area (TPSA) is 26.0 Å². The van der Waals surface area contributed by atoms with Crippen LogP contribution in [0.1, 0.15) is 22.0 Å². The molecule has 17 heavy (non-hydrogen) atoms. The van der Waals surface area contributed by atoms with E-state index in [1.807, 2.05) is 13.0 Å². The molecule has 90 valence electrons. The number of rotatable bonds is 2. The van der Waals surface area contributed by atoms with Crippen LogP contribution in [0.4, 0.5) is 8.78 Å². The molecule has 0 bridgehead atoms. The van der Waals surface area contributed by atoms with Gasteiger partial charge in [0.05, 0.1) is 9.83 Å². The Hall–Kier alpha value is -0.780. The third-order valence-corrected chi connectivity index (χ3v) is 4.65. The van der Waals surface area contributed by atoms with Gasteiger partial charge < -0.3 is 5.73 Å². The molecule has 1 nitrogen and oxygen atoms in total. The first-order chi connectivity index (χ1) is 7.97. The molecule has 2 rings (SSSR count). The van der Waals surface area contributed by atoms with Gasteiger partial charge >= 0.3 is 0 Å². The Morgan fingerprint density at radius 1 is 1.18 bits per heavy atom. The van der Waals surface area contributed by atoms with Gasteiger partial charge in [-0.1, -0.05) is 0 Å². The Labute approximate surface area is 110 Å². The molecule has 1 aromatic heterocycles. The highest BCUT2D eigenvalue weighted by Crippen LogP contribution is 2.33. The molecule has 0 aliphatic carbocycles. The minimum absolute atomic E-state index is 0.441. The minimum Gasteiger partial charge on any atom is -0.320 e. The second-order valence-electron chi connectivity index (χ2n) is 3.79. The van der Waals surface area contributed by atoms with E-state index in [-0.39, 0.29) is 0 Å². The second-order valence-corrected chi connectivity index (χ2v) is 6.19. The van der Waals surface area contributed by atoms with Crippen LogP contribution in [0.15, 0.2) is 28.1 Å². The van der Waals surface area contributed by atoms with Gasteiger partial charge in [0.15, 0.2) is 0 Å². The summed E-state index contributed by atoms with van der Waals surface area (Å²) in [6.45, 7) is 1.95. The normalized spacial score (nSPS) is 12.8. The molecule has 0 amide bonds. The van der Waals surface area contributed by atoms with Crippen molar-refractivity contribution >= 4 is 27.3 Å². The zero-order chi connectivity index (χ0) is 12.6. The maximum atomic E-state index is 13.1. The Kier molecular flexibility index (Phi) is 3.61. The molecule has 0 spiro atoms. The lowest BCUT2D eigenvalue weighted by Gasteiger charge is -2.10. The fraction of sp³-hybridized carbons (Fsp3) is 0.167. The lowest BCUT2D eigenvalue weighted by molar-refractivity contribution is 0.577. The van der Waals surface area contributed by atoms with Gasteiger partial charge in [-0.25, -0.2) is 8.78 Å². The van der Waals surface area contributed by atoms with E-state index in [0.717, 1.165) is 20.3 Å². The molecule has 1 unspecified atom stereocenters. The lowest BCUT2D eigenvalue weighted by atomic mass is 10.1. The van der Waals surface area contributed by atoms with Gasteiger partial charge in [0.2, 0.25) is 0 Å². The molecule has 0 radical (unpaired) electrons. The zero-order valence-electron chi connectivity index (χ0n) is 9.01. The van der Waals surface area contributed by atoms with Crippen molar-refractivity contribution in [2.24, 2.45) is 5.73 Å². The largest absolute Gasteiger partial charge is 0.320 e. The number of hydrogen-bond donors (Lipinski definition) is 1. The molecule has 2 aromatic rings. The Morgan fingerprint density at radius 3 is 2.24 bits per heavy atom. The highest BCUT2D eigenvalue weighted by atomic mass is 79.9. The zero-order valence-corrected chi connectivity index (χ0v) is 11.4. The summed E-state index contributed by atoms with van der Waals surface area (Å²) in [7, 11) is 0. The summed E-state index contributed by atoms with van der Waals surface area (Å²) in [5.74, 6) is -1.22. The fourth-order valence-corrected chi connectivity index (χ4v) is 3.16. The van der Waals surface area contributed by atoms with Crippen LogP contribution < -0.4 is 5.73 Å². The van der Waals surface area contributed by atoms with Gasteiger partial charge in [-0.05, 0) is 52.2 Å². The monoisotopic (exact) mass is 317 g/mol. The summed E-state index contributed by atoms with van der Waals surface area (Å²) < 4.78 is 27.2. The molecule has 1 atom stereocenters. The van der Waals surface area contributed by atoms with Crippen molar-refractivity contribution in [1.29, 1.82) is 0 Å². The van der Waals surface area contributed by atoms with E-state index in [2.05, 4.69) is 15.9 Å². The van der Waals surface area contributed by atoms with Crippen LogP contribution in [0.25, 0.3) is 0 Å². The Morgan fingerprint density at radius 2 is 1.76 bits per heavy atom. The van der Waals surface area contributed by atoms with E-state index in [4.69, 9.17) is 5.73 Å². The fourth-order valence-electron chi connectivity index (χ4n) is 1.56. The van der Waals surface area contributed by atoms with Gasteiger partial charge in [0.25, 0.3) is 0 Å². The quantitative estimate of drug-likeness (QED) is 0.884. The van der Waals surface area contributed by atoms with Gasteiger partial charge in [-0.3, -0.25) is 0 Å². The maximum Gasteiger partial charge on any atom is 0.126 e. The predicted octanol–water partition coefficient (Wildman–Crippen LogP) is 4.15. The number of thiophene rings is 1. The van der Waals surface area contributed by atoms with E-state index < -0.39 is 17.7 Å². The predicted molar refractivity (Wildman–Crippen MR) is 69.1 cm³/mol. The Bertz CT molecular complexity index is 514. The number of benzene rings is 1. The molecule has 0 aliphatic heterocycles. The number of nitrogens with two attached hydrogens (primary N) is 1. The molecular weight excluding hydrogens is 308 g/mol. The van der Waals surface area contributed by atoms with Crippen molar-refractivity contribution in [3.63, 3.8) is 0 Å². The molecule has 1 heterocycles. The van der Waals surface area contributed by atoms with Gasteiger partial charge in [-0.15, -0.1) is 11.3 Å². The maximum absolute atomic E-state index is 13.1. The molecule has 0 saturated heterocycles. The lowest BCUT2D eigenvalue weighted by Crippen LogP contribution is -2.10. The van der Waals surface area contributed by atoms with Gasteiger partial charge in [0, 0.05) is 10.9 Å². The summed E-state index contributed by atoms with van der Waals surface area (Å²) >= 11 is 4.88. The van der Waals surface area contributed by atoms with Crippen molar-refractivity contribution in [2.75, 3.05) is 0 Å². The van der Waals surface area contributed by atoms with Crippen molar-refractivity contribution in [3.05, 3.63) is 55.7 Å². The molecule has 0 fully saturated rings. The molecule has 0 saturated carbocycles. The number of halogens is 3. The summed E-state index contributed by atoms with van der Waals surface area (Å²) in [6, 6.07) is 4.77. The van der Waals surface area contributed by atoms with Crippen LogP contribution in [0.3, 0.4) is 0 Å². The van der Waals surface area contributed by atoms with Gasteiger partial charge in [0.1, 0.15) is 11.6 Å². The first-order valence-corrected chi connectivity index (χ1v) is 6.55. The first kappa shape index (κ1) is 12.7. The molecular formula is C12H10BrF2NS. The van der Waals surface area contributed by atoms with E-state index in [9.17, 15) is 8.78 Å². The average Bonchev–Trinajstić information content (AvgIpc) is 2.57. The van der Waals surface area contributed by atoms with Crippen molar-refractivity contribution in [1.82, 2.24) is 0 Å². The second kappa shape index (κ2) is 4.84. The van der Waals surface area contributed by atoms with Crippen molar-refractivity contribution in [2.45, 2.75) is 13.0 Å². The average molecular weight is 318 g/mol. The van der Waals surface area contributed by atoms with Crippen LogP contribution in [-0.2, 0) is 0 Å². The SMILES string of the molecule is Cc1cc(C(N)c2cc(F)cc(F)c2)sc1Br. The van der Waals surface area contributed by atoms with E-state index >= 15 is 0 Å². The third-order valence-electron chi connectivity index (χ3n) is 2.43. The van der Waals surface area contributed by atoms with Crippen molar-refractivity contribution < 1.29 is 8.78 Å². The van der Waals surface area contributed by atoms with Crippen LogP contribution in [-0.4, -0.2) is 0 Å². The van der Waals surface area contributed by atoms with Crippen LogP contribution in [0.2, 0.25) is 0 Å². The first-order valence-electron chi connectivity index (χ1n) is 4.95. The van der Waals surface area contributed by atoms with E-state index in [1.54, 1.807) is 0 Å². The molecule has 5 heteroatoms. The summed E-state index contributed by atoms with van der Waals surface area (Å²) in [6.07, 6.45) is 0. The molecule has 2 N–H and O–H groups in total.